The highest BCUT2D eigenvalue weighted by Crippen LogP contribution is 2.43. The maximum Gasteiger partial charge on any atom is 0.252 e. The Labute approximate surface area is 174 Å². The summed E-state index contributed by atoms with van der Waals surface area (Å²) in [6.45, 7) is 6.43. The molecule has 3 rings (SSSR count). The molecule has 0 heterocycles. The highest BCUT2D eigenvalue weighted by atomic mass is 35.5. The Morgan fingerprint density at radius 1 is 0.786 bits per heavy atom. The van der Waals surface area contributed by atoms with Crippen LogP contribution in [0.2, 0.25) is 5.04 Å². The van der Waals surface area contributed by atoms with Gasteiger partial charge in [-0.3, -0.25) is 4.79 Å². The van der Waals surface area contributed by atoms with E-state index < -0.39 is 10.8 Å². The summed E-state index contributed by atoms with van der Waals surface area (Å²) in [5.74, 6) is 0. The van der Waals surface area contributed by atoms with Crippen molar-refractivity contribution in [1.29, 1.82) is 0 Å². The molecule has 0 fully saturated rings. The van der Waals surface area contributed by atoms with E-state index in [0.717, 1.165) is 16.7 Å². The van der Waals surface area contributed by atoms with Crippen LogP contribution in [0.4, 0.5) is 0 Å². The topological polar surface area (TPSA) is 26.3 Å². The summed E-state index contributed by atoms with van der Waals surface area (Å²) in [7, 11) is 0.205. The molecular formula is C24H23ClO2Si. The van der Waals surface area contributed by atoms with E-state index in [0.29, 0.717) is 5.56 Å². The first-order valence-corrected chi connectivity index (χ1v) is 10.5. The number of benzene rings is 3. The summed E-state index contributed by atoms with van der Waals surface area (Å²) in [4.78, 5) is 12.3. The second kappa shape index (κ2) is 8.44. The highest BCUT2D eigenvalue weighted by molar-refractivity contribution is 6.68. The zero-order chi connectivity index (χ0) is 20.2. The lowest BCUT2D eigenvalue weighted by molar-refractivity contribution is 0.106. The largest absolute Gasteiger partial charge is 0.400 e. The SMILES string of the molecule is CC(C)(C)[Si]OC(c1ccccc1)(c1ccccc1)c1ccccc1C(=O)Cl. The van der Waals surface area contributed by atoms with Crippen LogP contribution in [-0.4, -0.2) is 15.0 Å². The van der Waals surface area contributed by atoms with Crippen LogP contribution in [0.5, 0.6) is 0 Å². The molecule has 3 aromatic carbocycles. The molecule has 0 aliphatic heterocycles. The van der Waals surface area contributed by atoms with Crippen molar-refractivity contribution in [2.45, 2.75) is 31.4 Å². The Morgan fingerprint density at radius 2 is 1.25 bits per heavy atom. The average molecular weight is 407 g/mol. The van der Waals surface area contributed by atoms with Crippen LogP contribution in [0.15, 0.2) is 84.9 Å². The molecule has 2 radical (unpaired) electrons. The summed E-state index contributed by atoms with van der Waals surface area (Å²) in [6.07, 6.45) is 0. The van der Waals surface area contributed by atoms with Crippen LogP contribution in [0, 0.1) is 0 Å². The highest BCUT2D eigenvalue weighted by Gasteiger charge is 2.41. The maximum absolute atomic E-state index is 12.3. The van der Waals surface area contributed by atoms with Gasteiger partial charge < -0.3 is 4.43 Å². The van der Waals surface area contributed by atoms with Crippen molar-refractivity contribution in [2.75, 3.05) is 0 Å². The molecule has 0 aliphatic rings. The van der Waals surface area contributed by atoms with Crippen molar-refractivity contribution in [3.63, 3.8) is 0 Å². The fourth-order valence-electron chi connectivity index (χ4n) is 3.19. The van der Waals surface area contributed by atoms with E-state index in [1.165, 1.54) is 0 Å². The predicted molar refractivity (Wildman–Crippen MR) is 116 cm³/mol. The van der Waals surface area contributed by atoms with Gasteiger partial charge in [-0.1, -0.05) is 99.6 Å². The second-order valence-electron chi connectivity index (χ2n) is 7.69. The van der Waals surface area contributed by atoms with E-state index in [9.17, 15) is 4.79 Å². The average Bonchev–Trinajstić information content (AvgIpc) is 2.69. The first kappa shape index (κ1) is 20.5. The minimum Gasteiger partial charge on any atom is -0.400 e. The van der Waals surface area contributed by atoms with Crippen molar-refractivity contribution in [3.05, 3.63) is 107 Å². The van der Waals surface area contributed by atoms with Crippen molar-refractivity contribution in [3.8, 4) is 0 Å². The molecule has 0 saturated heterocycles. The Morgan fingerprint density at radius 3 is 1.71 bits per heavy atom. The Kier molecular flexibility index (Phi) is 6.19. The third kappa shape index (κ3) is 4.27. The lowest BCUT2D eigenvalue weighted by Crippen LogP contribution is -2.37. The molecule has 0 atom stereocenters. The van der Waals surface area contributed by atoms with E-state index in [-0.39, 0.29) is 14.8 Å². The molecule has 0 aliphatic carbocycles. The van der Waals surface area contributed by atoms with Gasteiger partial charge in [0.25, 0.3) is 5.24 Å². The van der Waals surface area contributed by atoms with Crippen molar-refractivity contribution in [2.24, 2.45) is 0 Å². The van der Waals surface area contributed by atoms with Gasteiger partial charge in [0.15, 0.2) is 0 Å². The molecule has 0 aromatic heterocycles. The Bertz CT molecular complexity index is 894. The summed E-state index contributed by atoms with van der Waals surface area (Å²) >= 11 is 5.99. The van der Waals surface area contributed by atoms with Gasteiger partial charge in [-0.05, 0) is 33.8 Å². The monoisotopic (exact) mass is 406 g/mol. The van der Waals surface area contributed by atoms with E-state index in [2.05, 4.69) is 20.8 Å². The smallest absolute Gasteiger partial charge is 0.252 e. The third-order valence-electron chi connectivity index (χ3n) is 4.39. The molecule has 142 valence electrons. The molecule has 2 nitrogen and oxygen atoms in total. The summed E-state index contributed by atoms with van der Waals surface area (Å²) in [5, 5.41) is -0.524. The van der Waals surface area contributed by atoms with E-state index in [4.69, 9.17) is 16.0 Å². The van der Waals surface area contributed by atoms with Crippen molar-refractivity contribution >= 4 is 26.6 Å². The third-order valence-corrected chi connectivity index (χ3v) is 5.61. The minimum atomic E-state index is -0.935. The van der Waals surface area contributed by atoms with Crippen LogP contribution >= 0.6 is 11.6 Å². The number of carbonyl (C=O) groups excluding carboxylic acids is 1. The first-order chi connectivity index (χ1) is 13.3. The van der Waals surface area contributed by atoms with Gasteiger partial charge in [0.1, 0.15) is 5.60 Å². The lowest BCUT2D eigenvalue weighted by Gasteiger charge is -2.38. The minimum absolute atomic E-state index is 0.0330. The van der Waals surface area contributed by atoms with Gasteiger partial charge >= 0.3 is 0 Å². The zero-order valence-electron chi connectivity index (χ0n) is 16.3. The zero-order valence-corrected chi connectivity index (χ0v) is 18.0. The van der Waals surface area contributed by atoms with Crippen LogP contribution in [0.25, 0.3) is 0 Å². The molecule has 0 unspecified atom stereocenters. The van der Waals surface area contributed by atoms with Gasteiger partial charge in [0.2, 0.25) is 9.76 Å². The maximum atomic E-state index is 12.3. The summed E-state index contributed by atoms with van der Waals surface area (Å²) in [6, 6.07) is 27.5. The van der Waals surface area contributed by atoms with Crippen LogP contribution in [0.1, 0.15) is 47.8 Å². The first-order valence-electron chi connectivity index (χ1n) is 9.20. The standard InChI is InChI=1S/C24H23ClO2Si/c1-23(2,3)28-27-24(18-12-6-4-7-13-18,19-14-8-5-9-15-19)21-17-11-10-16-20(21)22(25)26/h4-17H,1-3H3. The Balaban J connectivity index is 2.36. The fraction of sp³-hybridized carbons (Fsp3) is 0.208. The molecule has 0 amide bonds. The predicted octanol–water partition coefficient (Wildman–Crippen LogP) is 6.21. The number of rotatable bonds is 6. The summed E-state index contributed by atoms with van der Waals surface area (Å²) < 4.78 is 6.76. The molecule has 3 aromatic rings. The van der Waals surface area contributed by atoms with Crippen molar-refractivity contribution < 1.29 is 9.22 Å². The summed E-state index contributed by atoms with van der Waals surface area (Å²) in [5.41, 5.74) is 2.20. The molecule has 0 bridgehead atoms. The molecule has 0 spiro atoms. The normalized spacial score (nSPS) is 12.0. The number of hydrogen-bond donors (Lipinski definition) is 0. The van der Waals surface area contributed by atoms with E-state index in [1.807, 2.05) is 78.9 Å². The Hall–Kier alpha value is -2.20. The van der Waals surface area contributed by atoms with Gasteiger partial charge in [-0.2, -0.15) is 0 Å². The number of halogens is 1. The quantitative estimate of drug-likeness (QED) is 0.276. The van der Waals surface area contributed by atoms with Crippen LogP contribution in [-0.2, 0) is 10.0 Å². The van der Waals surface area contributed by atoms with Gasteiger partial charge in [0.05, 0.1) is 0 Å². The van der Waals surface area contributed by atoms with Gasteiger partial charge in [0, 0.05) is 11.1 Å². The molecule has 0 N–H and O–H groups in total. The molecule has 0 saturated carbocycles. The second-order valence-corrected chi connectivity index (χ2v) is 9.94. The van der Waals surface area contributed by atoms with Gasteiger partial charge in [-0.15, -0.1) is 0 Å². The number of carbonyl (C=O) groups is 1. The van der Waals surface area contributed by atoms with E-state index >= 15 is 0 Å². The van der Waals surface area contributed by atoms with Crippen molar-refractivity contribution in [1.82, 2.24) is 0 Å². The van der Waals surface area contributed by atoms with Crippen LogP contribution in [0.3, 0.4) is 0 Å². The fourth-order valence-corrected chi connectivity index (χ4v) is 4.16. The van der Waals surface area contributed by atoms with Gasteiger partial charge in [-0.25, -0.2) is 0 Å². The molecular weight excluding hydrogens is 384 g/mol. The van der Waals surface area contributed by atoms with Crippen LogP contribution < -0.4 is 0 Å². The molecule has 28 heavy (non-hydrogen) atoms. The van der Waals surface area contributed by atoms with E-state index in [1.54, 1.807) is 6.07 Å². The number of hydrogen-bond acceptors (Lipinski definition) is 2. The molecule has 4 heteroatoms. The lowest BCUT2D eigenvalue weighted by atomic mass is 9.78.